The van der Waals surface area contributed by atoms with Crippen molar-refractivity contribution in [2.45, 2.75) is 20.8 Å². The van der Waals surface area contributed by atoms with E-state index >= 15 is 0 Å². The van der Waals surface area contributed by atoms with Crippen LogP contribution in [0.4, 0.5) is 5.69 Å². The second kappa shape index (κ2) is 5.29. The van der Waals surface area contributed by atoms with Gasteiger partial charge in [-0.3, -0.25) is 4.79 Å². The van der Waals surface area contributed by atoms with Crippen molar-refractivity contribution in [1.29, 1.82) is 0 Å². The SMILES string of the molecule is COc1ccc(N)cc1C(=O)N(C)CC(C)(C)C. The highest BCUT2D eigenvalue weighted by molar-refractivity contribution is 5.97. The van der Waals surface area contributed by atoms with Crippen molar-refractivity contribution in [2.75, 3.05) is 26.4 Å². The lowest BCUT2D eigenvalue weighted by Gasteiger charge is -2.27. The van der Waals surface area contributed by atoms with E-state index < -0.39 is 0 Å². The highest BCUT2D eigenvalue weighted by atomic mass is 16.5. The first-order chi connectivity index (χ1) is 8.24. The van der Waals surface area contributed by atoms with E-state index in [1.54, 1.807) is 37.3 Å². The molecule has 1 aromatic carbocycles. The molecule has 0 fully saturated rings. The Kier molecular flexibility index (Phi) is 4.22. The predicted molar refractivity (Wildman–Crippen MR) is 73.8 cm³/mol. The van der Waals surface area contributed by atoms with Crippen molar-refractivity contribution < 1.29 is 9.53 Å². The molecule has 0 aliphatic rings. The van der Waals surface area contributed by atoms with Crippen LogP contribution in [0.2, 0.25) is 0 Å². The Morgan fingerprint density at radius 1 is 1.39 bits per heavy atom. The summed E-state index contributed by atoms with van der Waals surface area (Å²) in [5, 5.41) is 0. The monoisotopic (exact) mass is 250 g/mol. The lowest BCUT2D eigenvalue weighted by atomic mass is 9.96. The number of rotatable bonds is 3. The number of benzene rings is 1. The lowest BCUT2D eigenvalue weighted by Crippen LogP contribution is -2.34. The maximum Gasteiger partial charge on any atom is 0.257 e. The molecule has 0 radical (unpaired) electrons. The van der Waals surface area contributed by atoms with Crippen molar-refractivity contribution >= 4 is 11.6 Å². The van der Waals surface area contributed by atoms with Crippen LogP contribution in [0.15, 0.2) is 18.2 Å². The summed E-state index contributed by atoms with van der Waals surface area (Å²) in [5.74, 6) is 0.476. The molecule has 0 atom stereocenters. The van der Waals surface area contributed by atoms with E-state index in [0.717, 1.165) is 0 Å². The number of hydrogen-bond acceptors (Lipinski definition) is 3. The summed E-state index contributed by atoms with van der Waals surface area (Å²) in [4.78, 5) is 14.0. The van der Waals surface area contributed by atoms with Gasteiger partial charge < -0.3 is 15.4 Å². The Hall–Kier alpha value is -1.71. The number of nitrogens with two attached hydrogens (primary N) is 1. The van der Waals surface area contributed by atoms with Gasteiger partial charge in [-0.05, 0) is 23.6 Å². The van der Waals surface area contributed by atoms with E-state index in [1.807, 2.05) is 0 Å². The zero-order valence-corrected chi connectivity index (χ0v) is 11.8. The summed E-state index contributed by atoms with van der Waals surface area (Å²) in [7, 11) is 3.34. The van der Waals surface area contributed by atoms with Gasteiger partial charge in [-0.2, -0.15) is 0 Å². The second-order valence-corrected chi connectivity index (χ2v) is 5.68. The zero-order chi connectivity index (χ0) is 13.9. The Balaban J connectivity index is 2.99. The number of amides is 1. The smallest absolute Gasteiger partial charge is 0.257 e. The standard InChI is InChI=1S/C14H22N2O2/c1-14(2,3)9-16(4)13(17)11-8-10(15)6-7-12(11)18-5/h6-8H,9,15H2,1-5H3. The van der Waals surface area contributed by atoms with Gasteiger partial charge in [-0.15, -0.1) is 0 Å². The highest BCUT2D eigenvalue weighted by Gasteiger charge is 2.21. The first-order valence-electron chi connectivity index (χ1n) is 5.93. The molecule has 1 amide bonds. The topological polar surface area (TPSA) is 55.6 Å². The number of anilines is 1. The Morgan fingerprint density at radius 2 is 2.00 bits per heavy atom. The number of nitrogen functional groups attached to an aromatic ring is 1. The summed E-state index contributed by atoms with van der Waals surface area (Å²) < 4.78 is 5.20. The maximum atomic E-state index is 12.3. The molecule has 18 heavy (non-hydrogen) atoms. The number of carbonyl (C=O) groups is 1. The third-order valence-electron chi connectivity index (χ3n) is 2.51. The van der Waals surface area contributed by atoms with E-state index in [0.29, 0.717) is 23.5 Å². The average molecular weight is 250 g/mol. The number of carbonyl (C=O) groups excluding carboxylic acids is 1. The van der Waals surface area contributed by atoms with Crippen LogP contribution < -0.4 is 10.5 Å². The molecule has 0 bridgehead atoms. The first kappa shape index (κ1) is 14.4. The molecular formula is C14H22N2O2. The fourth-order valence-electron chi connectivity index (χ4n) is 1.88. The fraction of sp³-hybridized carbons (Fsp3) is 0.500. The van der Waals surface area contributed by atoms with Gasteiger partial charge in [0.1, 0.15) is 5.75 Å². The molecule has 0 aliphatic carbocycles. The van der Waals surface area contributed by atoms with Crippen LogP contribution in [0.1, 0.15) is 31.1 Å². The van der Waals surface area contributed by atoms with Crippen molar-refractivity contribution in [3.63, 3.8) is 0 Å². The predicted octanol–water partition coefficient (Wildman–Crippen LogP) is 2.40. The normalized spacial score (nSPS) is 11.2. The molecule has 0 saturated heterocycles. The van der Waals surface area contributed by atoms with Crippen LogP contribution in [0.3, 0.4) is 0 Å². The second-order valence-electron chi connectivity index (χ2n) is 5.68. The van der Waals surface area contributed by atoms with Gasteiger partial charge in [0.2, 0.25) is 0 Å². The Labute approximate surface area is 109 Å². The molecular weight excluding hydrogens is 228 g/mol. The van der Waals surface area contributed by atoms with Gasteiger partial charge >= 0.3 is 0 Å². The van der Waals surface area contributed by atoms with Crippen molar-refractivity contribution in [2.24, 2.45) is 5.41 Å². The lowest BCUT2D eigenvalue weighted by molar-refractivity contribution is 0.0742. The third kappa shape index (κ3) is 3.65. The molecule has 1 aromatic rings. The summed E-state index contributed by atoms with van der Waals surface area (Å²) in [6.07, 6.45) is 0. The Bertz CT molecular complexity index is 436. The van der Waals surface area contributed by atoms with Gasteiger partial charge in [0.15, 0.2) is 0 Å². The van der Waals surface area contributed by atoms with Crippen molar-refractivity contribution in [3.05, 3.63) is 23.8 Å². The minimum atomic E-state index is -0.0749. The van der Waals surface area contributed by atoms with Crippen LogP contribution in [-0.4, -0.2) is 31.5 Å². The largest absolute Gasteiger partial charge is 0.496 e. The van der Waals surface area contributed by atoms with Gasteiger partial charge in [-0.1, -0.05) is 20.8 Å². The van der Waals surface area contributed by atoms with Gasteiger partial charge in [0.05, 0.1) is 12.7 Å². The minimum Gasteiger partial charge on any atom is -0.496 e. The highest BCUT2D eigenvalue weighted by Crippen LogP contribution is 2.24. The number of ether oxygens (including phenoxy) is 1. The summed E-state index contributed by atoms with van der Waals surface area (Å²) in [5.41, 5.74) is 6.84. The molecule has 100 valence electrons. The first-order valence-corrected chi connectivity index (χ1v) is 5.93. The van der Waals surface area contributed by atoms with Crippen LogP contribution in [0.25, 0.3) is 0 Å². The number of hydrogen-bond donors (Lipinski definition) is 1. The molecule has 1 rings (SSSR count). The van der Waals surface area contributed by atoms with Gasteiger partial charge in [0, 0.05) is 19.3 Å². The quantitative estimate of drug-likeness (QED) is 0.838. The van der Waals surface area contributed by atoms with Crippen LogP contribution in [0, 0.1) is 5.41 Å². The summed E-state index contributed by atoms with van der Waals surface area (Å²) in [6, 6.07) is 5.09. The van der Waals surface area contributed by atoms with Crippen molar-refractivity contribution in [1.82, 2.24) is 4.90 Å². The van der Waals surface area contributed by atoms with E-state index in [-0.39, 0.29) is 11.3 Å². The average Bonchev–Trinajstić information content (AvgIpc) is 2.25. The number of methoxy groups -OCH3 is 1. The van der Waals surface area contributed by atoms with Crippen molar-refractivity contribution in [3.8, 4) is 5.75 Å². The molecule has 2 N–H and O–H groups in total. The molecule has 0 saturated carbocycles. The molecule has 0 aliphatic heterocycles. The van der Waals surface area contributed by atoms with Gasteiger partial charge in [-0.25, -0.2) is 0 Å². The fourth-order valence-corrected chi connectivity index (χ4v) is 1.88. The molecule has 0 aromatic heterocycles. The van der Waals surface area contributed by atoms with E-state index in [1.165, 1.54) is 0 Å². The minimum absolute atomic E-state index is 0.0535. The maximum absolute atomic E-state index is 12.3. The van der Waals surface area contributed by atoms with Crippen LogP contribution >= 0.6 is 0 Å². The van der Waals surface area contributed by atoms with Gasteiger partial charge in [0.25, 0.3) is 5.91 Å². The molecule has 4 heteroatoms. The molecule has 0 spiro atoms. The van der Waals surface area contributed by atoms with Crippen LogP contribution in [0.5, 0.6) is 5.75 Å². The van der Waals surface area contributed by atoms with E-state index in [9.17, 15) is 4.79 Å². The van der Waals surface area contributed by atoms with E-state index in [2.05, 4.69) is 20.8 Å². The number of nitrogens with zero attached hydrogens (tertiary/aromatic N) is 1. The van der Waals surface area contributed by atoms with E-state index in [4.69, 9.17) is 10.5 Å². The zero-order valence-electron chi connectivity index (χ0n) is 11.8. The molecule has 0 unspecified atom stereocenters. The van der Waals surface area contributed by atoms with Crippen LogP contribution in [-0.2, 0) is 0 Å². The Morgan fingerprint density at radius 3 is 2.50 bits per heavy atom. The summed E-state index contributed by atoms with van der Waals surface area (Å²) in [6.45, 7) is 6.94. The third-order valence-corrected chi connectivity index (χ3v) is 2.51. The molecule has 0 heterocycles. The summed E-state index contributed by atoms with van der Waals surface area (Å²) >= 11 is 0. The molecule has 4 nitrogen and oxygen atoms in total.